The first kappa shape index (κ1) is 18.4. The Balaban J connectivity index is 2.17. The van der Waals surface area contributed by atoms with E-state index in [-0.39, 0.29) is 11.5 Å². The number of phenolic OH excluding ortho intramolecular Hbond substituents is 1. The van der Waals surface area contributed by atoms with E-state index in [1.54, 1.807) is 16.9 Å². The van der Waals surface area contributed by atoms with Gasteiger partial charge in [-0.2, -0.15) is 0 Å². The van der Waals surface area contributed by atoms with E-state index >= 15 is 0 Å². The summed E-state index contributed by atoms with van der Waals surface area (Å²) in [7, 11) is 8.42. The largest absolute Gasteiger partial charge is 0.504 e. The molecule has 8 heteroatoms. The number of nitrogens with zero attached hydrogens (tertiary/aromatic N) is 4. The lowest BCUT2D eigenvalue weighted by Crippen LogP contribution is -2.08. The number of methoxy groups -OCH3 is 3. The Morgan fingerprint density at radius 3 is 2.11 bits per heavy atom. The monoisotopic (exact) mass is 370 g/mol. The summed E-state index contributed by atoms with van der Waals surface area (Å²) in [6.45, 7) is 0. The molecule has 0 radical (unpaired) electrons. The molecule has 0 aliphatic rings. The van der Waals surface area contributed by atoms with Crippen LogP contribution in [-0.4, -0.2) is 55.5 Å². The molecule has 0 amide bonds. The molecule has 27 heavy (non-hydrogen) atoms. The molecule has 0 atom stereocenters. The zero-order valence-electron chi connectivity index (χ0n) is 15.9. The van der Waals surface area contributed by atoms with Crippen molar-refractivity contribution in [2.24, 2.45) is 0 Å². The Kier molecular flexibility index (Phi) is 5.07. The molecule has 142 valence electrons. The first-order valence-corrected chi connectivity index (χ1v) is 8.22. The van der Waals surface area contributed by atoms with Crippen molar-refractivity contribution in [3.63, 3.8) is 0 Å². The molecule has 0 saturated carbocycles. The van der Waals surface area contributed by atoms with Crippen LogP contribution < -0.4 is 19.1 Å². The summed E-state index contributed by atoms with van der Waals surface area (Å²) in [4.78, 5) is 2.02. The van der Waals surface area contributed by atoms with Crippen LogP contribution in [0.15, 0.2) is 36.5 Å². The third kappa shape index (κ3) is 3.21. The number of aromatic hydroxyl groups is 1. The SMILES string of the molecule is COc1c(O)cc(-c2cnnn2-c2ccc(N(C)C)cc2)c(OC)c1OC. The maximum atomic E-state index is 10.4. The van der Waals surface area contributed by atoms with Crippen LogP contribution in [0.2, 0.25) is 0 Å². The molecule has 2 aromatic carbocycles. The van der Waals surface area contributed by atoms with Gasteiger partial charge in [-0.15, -0.1) is 5.10 Å². The molecule has 1 heterocycles. The molecule has 0 saturated heterocycles. The first-order chi connectivity index (χ1) is 13.0. The van der Waals surface area contributed by atoms with Gasteiger partial charge in [-0.3, -0.25) is 0 Å². The summed E-state index contributed by atoms with van der Waals surface area (Å²) in [6.07, 6.45) is 1.60. The topological polar surface area (TPSA) is 81.9 Å². The number of anilines is 1. The van der Waals surface area contributed by atoms with E-state index in [0.29, 0.717) is 22.8 Å². The lowest BCUT2D eigenvalue weighted by molar-refractivity contribution is 0.311. The predicted octanol–water partition coefficient (Wildman–Crippen LogP) is 2.73. The van der Waals surface area contributed by atoms with Gasteiger partial charge < -0.3 is 24.2 Å². The van der Waals surface area contributed by atoms with Crippen LogP contribution in [-0.2, 0) is 0 Å². The van der Waals surface area contributed by atoms with Crippen LogP contribution >= 0.6 is 0 Å². The second-order valence-electron chi connectivity index (χ2n) is 5.98. The zero-order valence-corrected chi connectivity index (χ0v) is 15.9. The van der Waals surface area contributed by atoms with Gasteiger partial charge in [0.15, 0.2) is 11.5 Å². The van der Waals surface area contributed by atoms with Crippen molar-refractivity contribution in [1.82, 2.24) is 15.0 Å². The predicted molar refractivity (Wildman–Crippen MR) is 102 cm³/mol. The molecule has 1 aromatic heterocycles. The lowest BCUT2D eigenvalue weighted by Gasteiger charge is -2.17. The molecule has 3 aromatic rings. The number of hydrogen-bond acceptors (Lipinski definition) is 7. The van der Waals surface area contributed by atoms with Gasteiger partial charge in [0.25, 0.3) is 0 Å². The number of ether oxygens (including phenoxy) is 3. The third-order valence-electron chi connectivity index (χ3n) is 4.22. The van der Waals surface area contributed by atoms with Crippen LogP contribution in [0, 0.1) is 0 Å². The second-order valence-corrected chi connectivity index (χ2v) is 5.98. The summed E-state index contributed by atoms with van der Waals surface area (Å²) < 4.78 is 17.8. The highest BCUT2D eigenvalue weighted by atomic mass is 16.5. The van der Waals surface area contributed by atoms with Crippen LogP contribution in [0.4, 0.5) is 5.69 Å². The summed E-state index contributed by atoms with van der Waals surface area (Å²) >= 11 is 0. The van der Waals surface area contributed by atoms with E-state index in [9.17, 15) is 5.11 Å². The summed E-state index contributed by atoms with van der Waals surface area (Å²) in [5.41, 5.74) is 3.11. The second kappa shape index (κ2) is 7.45. The normalized spacial score (nSPS) is 10.6. The van der Waals surface area contributed by atoms with Crippen LogP contribution in [0.25, 0.3) is 16.9 Å². The van der Waals surface area contributed by atoms with E-state index in [1.807, 2.05) is 43.3 Å². The molecule has 0 bridgehead atoms. The maximum Gasteiger partial charge on any atom is 0.207 e. The first-order valence-electron chi connectivity index (χ1n) is 8.22. The van der Waals surface area contributed by atoms with Gasteiger partial charge in [0.2, 0.25) is 11.5 Å². The minimum atomic E-state index is -0.0687. The Morgan fingerprint density at radius 1 is 0.926 bits per heavy atom. The quantitative estimate of drug-likeness (QED) is 0.714. The van der Waals surface area contributed by atoms with Crippen LogP contribution in [0.1, 0.15) is 0 Å². The third-order valence-corrected chi connectivity index (χ3v) is 4.22. The zero-order chi connectivity index (χ0) is 19.6. The molecular weight excluding hydrogens is 348 g/mol. The van der Waals surface area contributed by atoms with E-state index in [2.05, 4.69) is 10.3 Å². The fourth-order valence-electron chi connectivity index (χ4n) is 2.89. The Labute approximate surface area is 157 Å². The van der Waals surface area contributed by atoms with Crippen molar-refractivity contribution in [2.45, 2.75) is 0 Å². The Bertz CT molecular complexity index is 936. The van der Waals surface area contributed by atoms with Crippen molar-refractivity contribution in [3.8, 4) is 39.9 Å². The van der Waals surface area contributed by atoms with Gasteiger partial charge in [-0.25, -0.2) is 4.68 Å². The van der Waals surface area contributed by atoms with E-state index < -0.39 is 0 Å². The minimum Gasteiger partial charge on any atom is -0.504 e. The molecule has 0 unspecified atom stereocenters. The summed E-state index contributed by atoms with van der Waals surface area (Å²) in [5.74, 6) is 0.847. The van der Waals surface area contributed by atoms with Crippen molar-refractivity contribution in [1.29, 1.82) is 0 Å². The van der Waals surface area contributed by atoms with Gasteiger partial charge >= 0.3 is 0 Å². The summed E-state index contributed by atoms with van der Waals surface area (Å²) in [6, 6.07) is 9.42. The van der Waals surface area contributed by atoms with Gasteiger partial charge in [0.1, 0.15) is 0 Å². The Morgan fingerprint density at radius 2 is 1.56 bits per heavy atom. The smallest absolute Gasteiger partial charge is 0.207 e. The number of hydrogen-bond donors (Lipinski definition) is 1. The molecule has 0 aliphatic carbocycles. The average Bonchev–Trinajstić information content (AvgIpc) is 3.16. The molecule has 0 aliphatic heterocycles. The maximum absolute atomic E-state index is 10.4. The number of phenols is 1. The Hall–Kier alpha value is -3.42. The average molecular weight is 370 g/mol. The van der Waals surface area contributed by atoms with Crippen LogP contribution in [0.3, 0.4) is 0 Å². The lowest BCUT2D eigenvalue weighted by atomic mass is 10.1. The van der Waals surface area contributed by atoms with Gasteiger partial charge in [0, 0.05) is 19.8 Å². The van der Waals surface area contributed by atoms with Gasteiger partial charge in [0.05, 0.1) is 44.5 Å². The van der Waals surface area contributed by atoms with Gasteiger partial charge in [-0.1, -0.05) is 5.21 Å². The molecular formula is C19H22N4O4. The van der Waals surface area contributed by atoms with Gasteiger partial charge in [-0.05, 0) is 30.3 Å². The molecule has 0 spiro atoms. The number of rotatable bonds is 6. The fourth-order valence-corrected chi connectivity index (χ4v) is 2.89. The summed E-state index contributed by atoms with van der Waals surface area (Å²) in [5, 5.41) is 18.6. The minimum absolute atomic E-state index is 0.0687. The van der Waals surface area contributed by atoms with Crippen LogP contribution in [0.5, 0.6) is 23.0 Å². The van der Waals surface area contributed by atoms with E-state index in [0.717, 1.165) is 11.4 Å². The highest BCUT2D eigenvalue weighted by molar-refractivity contribution is 5.78. The fraction of sp³-hybridized carbons (Fsp3) is 0.263. The molecule has 3 rings (SSSR count). The molecule has 1 N–H and O–H groups in total. The number of aromatic nitrogens is 3. The van der Waals surface area contributed by atoms with E-state index in [4.69, 9.17) is 14.2 Å². The van der Waals surface area contributed by atoms with Crippen molar-refractivity contribution in [2.75, 3.05) is 40.3 Å². The van der Waals surface area contributed by atoms with E-state index in [1.165, 1.54) is 21.3 Å². The van der Waals surface area contributed by atoms with Crippen molar-refractivity contribution in [3.05, 3.63) is 36.5 Å². The standard InChI is InChI=1S/C19H22N4O4/c1-22(2)12-6-8-13(9-7-12)23-15(11-20-21-23)14-10-16(24)18(26-4)19(27-5)17(14)25-3/h6-11,24H,1-5H3. The highest BCUT2D eigenvalue weighted by Gasteiger charge is 2.24. The number of benzene rings is 2. The highest BCUT2D eigenvalue weighted by Crippen LogP contribution is 2.49. The molecule has 0 fully saturated rings. The molecule has 8 nitrogen and oxygen atoms in total. The van der Waals surface area contributed by atoms with Crippen molar-refractivity contribution < 1.29 is 19.3 Å². The van der Waals surface area contributed by atoms with Crippen molar-refractivity contribution >= 4 is 5.69 Å².